The number of rotatable bonds is 8. The fourth-order valence-electron chi connectivity index (χ4n) is 2.95. The highest BCUT2D eigenvalue weighted by atomic mass is 16.5. The van der Waals surface area contributed by atoms with Crippen LogP contribution in [0.4, 0.5) is 5.69 Å². The van der Waals surface area contributed by atoms with Crippen molar-refractivity contribution < 1.29 is 19.1 Å². The van der Waals surface area contributed by atoms with Crippen molar-refractivity contribution >= 4 is 23.5 Å². The summed E-state index contributed by atoms with van der Waals surface area (Å²) in [5.74, 6) is -1.51. The molecule has 0 saturated carbocycles. The first-order valence-corrected chi connectivity index (χ1v) is 9.94. The van der Waals surface area contributed by atoms with Gasteiger partial charge in [-0.05, 0) is 36.8 Å². The highest BCUT2D eigenvalue weighted by Crippen LogP contribution is 2.09. The van der Waals surface area contributed by atoms with E-state index in [1.54, 1.807) is 42.5 Å². The number of benzene rings is 3. The molecule has 0 bridgehead atoms. The van der Waals surface area contributed by atoms with E-state index in [2.05, 4.69) is 10.6 Å². The summed E-state index contributed by atoms with van der Waals surface area (Å²) in [4.78, 5) is 37.4. The number of aryl methyl sites for hydroxylation is 1. The summed E-state index contributed by atoms with van der Waals surface area (Å²) in [6, 6.07) is 24.3. The molecular formula is C25H24N2O4. The van der Waals surface area contributed by atoms with E-state index in [0.29, 0.717) is 11.3 Å². The van der Waals surface area contributed by atoms with E-state index in [1.165, 1.54) is 0 Å². The quantitative estimate of drug-likeness (QED) is 0.551. The van der Waals surface area contributed by atoms with Crippen LogP contribution in [0.1, 0.15) is 21.5 Å². The zero-order chi connectivity index (χ0) is 22.1. The normalized spacial score (nSPS) is 11.3. The highest BCUT2D eigenvalue weighted by Gasteiger charge is 2.24. The number of esters is 1. The maximum absolute atomic E-state index is 12.7. The first-order chi connectivity index (χ1) is 15.0. The van der Waals surface area contributed by atoms with Crippen LogP contribution in [0.5, 0.6) is 0 Å². The van der Waals surface area contributed by atoms with Crippen molar-refractivity contribution in [3.63, 3.8) is 0 Å². The maximum atomic E-state index is 12.7. The molecule has 0 saturated heterocycles. The molecule has 6 heteroatoms. The summed E-state index contributed by atoms with van der Waals surface area (Å²) in [6.07, 6.45) is 0.248. The lowest BCUT2D eigenvalue weighted by molar-refractivity contribution is -0.149. The van der Waals surface area contributed by atoms with Crippen LogP contribution >= 0.6 is 0 Å². The van der Waals surface area contributed by atoms with Gasteiger partial charge in [-0.25, -0.2) is 4.79 Å². The second-order valence-electron chi connectivity index (χ2n) is 7.10. The molecule has 3 aromatic rings. The van der Waals surface area contributed by atoms with E-state index in [-0.39, 0.29) is 12.3 Å². The molecule has 0 spiro atoms. The van der Waals surface area contributed by atoms with E-state index in [9.17, 15) is 14.4 Å². The summed E-state index contributed by atoms with van der Waals surface area (Å²) in [5.41, 5.74) is 2.99. The van der Waals surface area contributed by atoms with Gasteiger partial charge in [-0.3, -0.25) is 9.59 Å². The van der Waals surface area contributed by atoms with Crippen molar-refractivity contribution in [1.82, 2.24) is 5.32 Å². The Morgan fingerprint density at radius 3 is 2.10 bits per heavy atom. The largest absolute Gasteiger partial charge is 0.454 e. The van der Waals surface area contributed by atoms with Gasteiger partial charge < -0.3 is 15.4 Å². The SMILES string of the molecule is Cc1ccc(NC(=O)COC(=O)[C@H](Cc2ccccc2)NC(=O)c2ccccc2)cc1. The van der Waals surface area contributed by atoms with Crippen molar-refractivity contribution in [2.24, 2.45) is 0 Å². The van der Waals surface area contributed by atoms with E-state index < -0.39 is 24.5 Å². The molecule has 31 heavy (non-hydrogen) atoms. The standard InChI is InChI=1S/C25H24N2O4/c1-18-12-14-21(15-13-18)26-23(28)17-31-25(30)22(16-19-8-4-2-5-9-19)27-24(29)20-10-6-3-7-11-20/h2-15,22H,16-17H2,1H3,(H,26,28)(H,27,29)/t22-/m0/s1. The number of nitrogens with one attached hydrogen (secondary N) is 2. The summed E-state index contributed by atoms with van der Waals surface area (Å²) in [7, 11) is 0. The van der Waals surface area contributed by atoms with Crippen LogP contribution < -0.4 is 10.6 Å². The second-order valence-corrected chi connectivity index (χ2v) is 7.10. The van der Waals surface area contributed by atoms with Gasteiger partial charge in [-0.15, -0.1) is 0 Å². The molecule has 2 amide bonds. The molecule has 3 aromatic carbocycles. The third-order valence-corrected chi connectivity index (χ3v) is 4.59. The Kier molecular flexibility index (Phi) is 7.54. The Bertz CT molecular complexity index is 1020. The first-order valence-electron chi connectivity index (χ1n) is 9.94. The van der Waals surface area contributed by atoms with E-state index in [0.717, 1.165) is 11.1 Å². The van der Waals surface area contributed by atoms with Gasteiger partial charge in [0, 0.05) is 17.7 Å². The van der Waals surface area contributed by atoms with Crippen molar-refractivity contribution in [2.75, 3.05) is 11.9 Å². The number of ether oxygens (including phenoxy) is 1. The molecule has 0 aliphatic rings. The number of hydrogen-bond acceptors (Lipinski definition) is 4. The molecule has 0 radical (unpaired) electrons. The lowest BCUT2D eigenvalue weighted by Gasteiger charge is -2.18. The lowest BCUT2D eigenvalue weighted by atomic mass is 10.1. The maximum Gasteiger partial charge on any atom is 0.329 e. The fraction of sp³-hybridized carbons (Fsp3) is 0.160. The number of hydrogen-bond donors (Lipinski definition) is 2. The van der Waals surface area contributed by atoms with E-state index in [4.69, 9.17) is 4.74 Å². The van der Waals surface area contributed by atoms with Crippen LogP contribution in [0.3, 0.4) is 0 Å². The van der Waals surface area contributed by atoms with Gasteiger partial charge in [0.05, 0.1) is 0 Å². The molecule has 0 fully saturated rings. The van der Waals surface area contributed by atoms with Crippen molar-refractivity contribution in [3.05, 3.63) is 102 Å². The minimum absolute atomic E-state index is 0.248. The average Bonchev–Trinajstić information content (AvgIpc) is 2.80. The molecule has 3 rings (SSSR count). The van der Waals surface area contributed by atoms with Crippen molar-refractivity contribution in [2.45, 2.75) is 19.4 Å². The topological polar surface area (TPSA) is 84.5 Å². The monoisotopic (exact) mass is 416 g/mol. The first kappa shape index (κ1) is 21.8. The zero-order valence-electron chi connectivity index (χ0n) is 17.2. The van der Waals surface area contributed by atoms with Gasteiger partial charge in [-0.1, -0.05) is 66.2 Å². The molecular weight excluding hydrogens is 392 g/mol. The van der Waals surface area contributed by atoms with Gasteiger partial charge in [0.1, 0.15) is 6.04 Å². The molecule has 0 aromatic heterocycles. The zero-order valence-corrected chi connectivity index (χ0v) is 17.2. The number of carbonyl (C=O) groups is 3. The third-order valence-electron chi connectivity index (χ3n) is 4.59. The average molecular weight is 416 g/mol. The predicted octanol–water partition coefficient (Wildman–Crippen LogP) is 3.52. The fourth-order valence-corrected chi connectivity index (χ4v) is 2.95. The third kappa shape index (κ3) is 6.82. The van der Waals surface area contributed by atoms with Crippen LogP contribution in [-0.4, -0.2) is 30.4 Å². The molecule has 1 atom stereocenters. The number of anilines is 1. The molecule has 2 N–H and O–H groups in total. The molecule has 0 aliphatic carbocycles. The lowest BCUT2D eigenvalue weighted by Crippen LogP contribution is -2.44. The van der Waals surface area contributed by atoms with Crippen LogP contribution in [0.15, 0.2) is 84.9 Å². The molecule has 158 valence electrons. The van der Waals surface area contributed by atoms with E-state index >= 15 is 0 Å². The Labute approximate surface area is 181 Å². The van der Waals surface area contributed by atoms with Gasteiger partial charge in [0.25, 0.3) is 11.8 Å². The Morgan fingerprint density at radius 2 is 1.45 bits per heavy atom. The highest BCUT2D eigenvalue weighted by molar-refractivity contribution is 5.97. The number of amides is 2. The molecule has 0 heterocycles. The van der Waals surface area contributed by atoms with Gasteiger partial charge >= 0.3 is 5.97 Å². The minimum atomic E-state index is -0.928. The molecule has 6 nitrogen and oxygen atoms in total. The van der Waals surface area contributed by atoms with Crippen LogP contribution in [0.2, 0.25) is 0 Å². The Hall–Kier alpha value is -3.93. The Morgan fingerprint density at radius 1 is 0.839 bits per heavy atom. The van der Waals surface area contributed by atoms with Gasteiger partial charge in [0.15, 0.2) is 6.61 Å². The summed E-state index contributed by atoms with van der Waals surface area (Å²) in [6.45, 7) is 1.50. The summed E-state index contributed by atoms with van der Waals surface area (Å²) < 4.78 is 5.21. The van der Waals surface area contributed by atoms with Gasteiger partial charge in [-0.2, -0.15) is 0 Å². The number of carbonyl (C=O) groups excluding carboxylic acids is 3. The van der Waals surface area contributed by atoms with Crippen molar-refractivity contribution in [1.29, 1.82) is 0 Å². The molecule has 0 aliphatic heterocycles. The van der Waals surface area contributed by atoms with Crippen molar-refractivity contribution in [3.8, 4) is 0 Å². The molecule has 0 unspecified atom stereocenters. The van der Waals surface area contributed by atoms with E-state index in [1.807, 2.05) is 49.4 Å². The van der Waals surface area contributed by atoms with Gasteiger partial charge in [0.2, 0.25) is 0 Å². The van der Waals surface area contributed by atoms with Crippen LogP contribution in [0, 0.1) is 6.92 Å². The predicted molar refractivity (Wildman–Crippen MR) is 119 cm³/mol. The summed E-state index contributed by atoms with van der Waals surface area (Å²) in [5, 5.41) is 5.39. The van der Waals surface area contributed by atoms with Crippen LogP contribution in [-0.2, 0) is 20.7 Å². The second kappa shape index (κ2) is 10.7. The summed E-state index contributed by atoms with van der Waals surface area (Å²) >= 11 is 0. The minimum Gasteiger partial charge on any atom is -0.454 e. The smallest absolute Gasteiger partial charge is 0.329 e. The Balaban J connectivity index is 1.62. The van der Waals surface area contributed by atoms with Crippen LogP contribution in [0.25, 0.3) is 0 Å².